The summed E-state index contributed by atoms with van der Waals surface area (Å²) < 4.78 is 0. The van der Waals surface area contributed by atoms with Crippen LogP contribution in [0, 0.1) is 0 Å². The fourth-order valence-electron chi connectivity index (χ4n) is 1.58. The molecule has 0 aliphatic rings. The number of carbonyl (C=O) groups excluding carboxylic acids is 1. The molecule has 1 aromatic heterocycles. The van der Waals surface area contributed by atoms with Crippen LogP contribution in [0.5, 0.6) is 0 Å². The normalized spacial score (nSPS) is 10.1. The van der Waals surface area contributed by atoms with Gasteiger partial charge in [0, 0.05) is 23.7 Å². The predicted molar refractivity (Wildman–Crippen MR) is 76.4 cm³/mol. The van der Waals surface area contributed by atoms with Crippen molar-refractivity contribution < 1.29 is 4.79 Å². The van der Waals surface area contributed by atoms with Gasteiger partial charge in [0.15, 0.2) is 5.11 Å². The van der Waals surface area contributed by atoms with Gasteiger partial charge in [-0.1, -0.05) is 13.0 Å². The summed E-state index contributed by atoms with van der Waals surface area (Å²) in [6, 6.07) is 9.53. The number of thiocarbonyl (C=S) groups is 1. The molecule has 1 heterocycles. The minimum Gasteiger partial charge on any atom is -0.332 e. The molecule has 0 fully saturated rings. The Labute approximate surface area is 110 Å². The summed E-state index contributed by atoms with van der Waals surface area (Å²) >= 11 is 5.08. The zero-order valence-electron chi connectivity index (χ0n) is 9.93. The van der Waals surface area contributed by atoms with Crippen molar-refractivity contribution in [3.63, 3.8) is 0 Å². The zero-order chi connectivity index (χ0) is 13.0. The number of fused-ring (bicyclic) bond motifs is 1. The third-order valence-electron chi connectivity index (χ3n) is 2.47. The van der Waals surface area contributed by atoms with Crippen LogP contribution in [0.1, 0.15) is 13.3 Å². The van der Waals surface area contributed by atoms with Crippen molar-refractivity contribution in [2.75, 3.05) is 5.32 Å². The fourth-order valence-corrected chi connectivity index (χ4v) is 1.80. The smallest absolute Gasteiger partial charge is 0.225 e. The molecule has 0 atom stereocenters. The predicted octanol–water partition coefficient (Wildman–Crippen LogP) is 2.46. The van der Waals surface area contributed by atoms with E-state index in [0.717, 1.165) is 16.6 Å². The van der Waals surface area contributed by atoms with Crippen LogP contribution in [-0.2, 0) is 4.79 Å². The second kappa shape index (κ2) is 5.55. The first-order valence-corrected chi connectivity index (χ1v) is 6.06. The number of rotatable bonds is 2. The summed E-state index contributed by atoms with van der Waals surface area (Å²) in [6.45, 7) is 1.78. The SMILES string of the molecule is CCC(=O)NC(=S)Nc1cccc2ncccc12. The summed E-state index contributed by atoms with van der Waals surface area (Å²) in [5.41, 5.74) is 1.72. The number of pyridine rings is 1. The minimum atomic E-state index is -0.106. The molecule has 0 bridgehead atoms. The summed E-state index contributed by atoms with van der Waals surface area (Å²) in [4.78, 5) is 15.5. The molecule has 0 saturated carbocycles. The molecular weight excluding hydrogens is 246 g/mol. The van der Waals surface area contributed by atoms with Crippen LogP contribution >= 0.6 is 12.2 Å². The topological polar surface area (TPSA) is 54.0 Å². The highest BCUT2D eigenvalue weighted by Gasteiger charge is 2.05. The number of aromatic nitrogens is 1. The average Bonchev–Trinajstić information content (AvgIpc) is 2.39. The first-order chi connectivity index (χ1) is 8.70. The Hall–Kier alpha value is -2.01. The number of benzene rings is 1. The summed E-state index contributed by atoms with van der Waals surface area (Å²) in [7, 11) is 0. The third kappa shape index (κ3) is 2.81. The van der Waals surface area contributed by atoms with Crippen LogP contribution in [0.25, 0.3) is 10.9 Å². The van der Waals surface area contributed by atoms with E-state index in [-0.39, 0.29) is 5.91 Å². The van der Waals surface area contributed by atoms with Crippen molar-refractivity contribution in [1.29, 1.82) is 0 Å². The maximum absolute atomic E-state index is 11.2. The van der Waals surface area contributed by atoms with Crippen molar-refractivity contribution in [2.24, 2.45) is 0 Å². The molecular formula is C13H13N3OS. The number of nitrogens with zero attached hydrogens (tertiary/aromatic N) is 1. The highest BCUT2D eigenvalue weighted by Crippen LogP contribution is 2.20. The Morgan fingerprint density at radius 3 is 2.94 bits per heavy atom. The molecule has 0 saturated heterocycles. The second-order valence-corrected chi connectivity index (χ2v) is 4.14. The molecule has 0 unspecified atom stereocenters. The Balaban J connectivity index is 2.21. The van der Waals surface area contributed by atoms with Crippen molar-refractivity contribution in [2.45, 2.75) is 13.3 Å². The lowest BCUT2D eigenvalue weighted by Crippen LogP contribution is -2.33. The molecule has 92 valence electrons. The molecule has 1 aromatic carbocycles. The molecule has 0 radical (unpaired) electrons. The van der Waals surface area contributed by atoms with Crippen LogP contribution in [0.4, 0.5) is 5.69 Å². The highest BCUT2D eigenvalue weighted by atomic mass is 32.1. The van der Waals surface area contributed by atoms with Crippen molar-refractivity contribution in [1.82, 2.24) is 10.3 Å². The molecule has 2 rings (SSSR count). The van der Waals surface area contributed by atoms with Crippen LogP contribution in [0.3, 0.4) is 0 Å². The van der Waals surface area contributed by atoms with Gasteiger partial charge in [-0.2, -0.15) is 0 Å². The van der Waals surface area contributed by atoms with E-state index in [0.29, 0.717) is 11.5 Å². The molecule has 2 aromatic rings. The van der Waals surface area contributed by atoms with Gasteiger partial charge in [0.2, 0.25) is 5.91 Å². The Morgan fingerprint density at radius 1 is 1.33 bits per heavy atom. The number of nitrogens with one attached hydrogen (secondary N) is 2. The van der Waals surface area contributed by atoms with Gasteiger partial charge in [0.25, 0.3) is 0 Å². The van der Waals surface area contributed by atoms with Crippen LogP contribution in [-0.4, -0.2) is 16.0 Å². The third-order valence-corrected chi connectivity index (χ3v) is 2.67. The quantitative estimate of drug-likeness (QED) is 0.813. The van der Waals surface area contributed by atoms with E-state index in [2.05, 4.69) is 15.6 Å². The summed E-state index contributed by atoms with van der Waals surface area (Å²) in [5, 5.41) is 6.88. The van der Waals surface area contributed by atoms with E-state index in [1.165, 1.54) is 0 Å². The number of carbonyl (C=O) groups is 1. The lowest BCUT2D eigenvalue weighted by Gasteiger charge is -2.10. The van der Waals surface area contributed by atoms with Gasteiger partial charge >= 0.3 is 0 Å². The second-order valence-electron chi connectivity index (χ2n) is 3.73. The molecule has 0 aliphatic heterocycles. The Bertz CT molecular complexity index is 592. The van der Waals surface area contributed by atoms with Gasteiger partial charge in [-0.25, -0.2) is 0 Å². The first kappa shape index (κ1) is 12.4. The maximum atomic E-state index is 11.2. The largest absolute Gasteiger partial charge is 0.332 e. The Kier molecular flexibility index (Phi) is 3.84. The van der Waals surface area contributed by atoms with E-state index >= 15 is 0 Å². The highest BCUT2D eigenvalue weighted by molar-refractivity contribution is 7.80. The molecule has 1 amide bonds. The summed E-state index contributed by atoms with van der Waals surface area (Å²) in [5.74, 6) is -0.106. The summed E-state index contributed by atoms with van der Waals surface area (Å²) in [6.07, 6.45) is 2.14. The first-order valence-electron chi connectivity index (χ1n) is 5.65. The zero-order valence-corrected chi connectivity index (χ0v) is 10.8. The maximum Gasteiger partial charge on any atom is 0.225 e. The van der Waals surface area contributed by atoms with Crippen LogP contribution in [0.15, 0.2) is 36.5 Å². The molecule has 0 aliphatic carbocycles. The van der Waals surface area contributed by atoms with E-state index in [9.17, 15) is 4.79 Å². The van der Waals surface area contributed by atoms with E-state index in [1.807, 2.05) is 30.3 Å². The lowest BCUT2D eigenvalue weighted by atomic mass is 10.2. The van der Waals surface area contributed by atoms with Gasteiger partial charge in [-0.05, 0) is 36.5 Å². The monoisotopic (exact) mass is 259 g/mol. The van der Waals surface area contributed by atoms with Gasteiger partial charge in [0.05, 0.1) is 5.52 Å². The molecule has 4 nitrogen and oxygen atoms in total. The number of anilines is 1. The molecule has 2 N–H and O–H groups in total. The number of hydrogen-bond donors (Lipinski definition) is 2. The number of amides is 1. The molecule has 0 spiro atoms. The Morgan fingerprint density at radius 2 is 2.17 bits per heavy atom. The van der Waals surface area contributed by atoms with Gasteiger partial charge < -0.3 is 10.6 Å². The number of hydrogen-bond acceptors (Lipinski definition) is 3. The van der Waals surface area contributed by atoms with Gasteiger partial charge in [-0.3, -0.25) is 9.78 Å². The van der Waals surface area contributed by atoms with E-state index in [1.54, 1.807) is 13.1 Å². The molecule has 18 heavy (non-hydrogen) atoms. The fraction of sp³-hybridized carbons (Fsp3) is 0.154. The van der Waals surface area contributed by atoms with Crippen LogP contribution < -0.4 is 10.6 Å². The van der Waals surface area contributed by atoms with Crippen molar-refractivity contribution in [3.8, 4) is 0 Å². The van der Waals surface area contributed by atoms with Crippen LogP contribution in [0.2, 0.25) is 0 Å². The minimum absolute atomic E-state index is 0.106. The van der Waals surface area contributed by atoms with Gasteiger partial charge in [0.1, 0.15) is 0 Å². The lowest BCUT2D eigenvalue weighted by molar-refractivity contribution is -0.119. The standard InChI is InChI=1S/C13H13N3OS/c1-2-12(17)16-13(18)15-11-7-3-6-10-9(11)5-4-8-14-10/h3-8H,2H2,1H3,(H2,15,16,17,18). The average molecular weight is 259 g/mol. The van der Waals surface area contributed by atoms with E-state index in [4.69, 9.17) is 12.2 Å². The van der Waals surface area contributed by atoms with Crippen molar-refractivity contribution >= 4 is 39.8 Å². The van der Waals surface area contributed by atoms with Gasteiger partial charge in [-0.15, -0.1) is 0 Å². The van der Waals surface area contributed by atoms with E-state index < -0.39 is 0 Å². The van der Waals surface area contributed by atoms with Crippen molar-refractivity contribution in [3.05, 3.63) is 36.5 Å². The molecule has 5 heteroatoms.